The van der Waals surface area contributed by atoms with Crippen LogP contribution in [0.25, 0.3) is 6.08 Å². The van der Waals surface area contributed by atoms with Gasteiger partial charge in [0.25, 0.3) is 0 Å². The number of Topliss-reactive ketones (excluding diaryl/α,β-unsaturated/α-hetero) is 1. The maximum Gasteiger partial charge on any atom is 0.309 e. The van der Waals surface area contributed by atoms with Crippen LogP contribution in [0.2, 0.25) is 0 Å². The Kier molecular flexibility index (Phi) is 9.18. The number of esters is 1. The van der Waals surface area contributed by atoms with Gasteiger partial charge in [-0.3, -0.25) is 9.59 Å². The molecule has 2 aliphatic rings. The highest BCUT2D eigenvalue weighted by Gasteiger charge is 2.50. The van der Waals surface area contributed by atoms with Gasteiger partial charge < -0.3 is 20.3 Å². The molecule has 0 spiro atoms. The highest BCUT2D eigenvalue weighted by molar-refractivity contribution is 7.09. The quantitative estimate of drug-likeness (QED) is 0.401. The van der Waals surface area contributed by atoms with Crippen molar-refractivity contribution in [2.24, 2.45) is 17.3 Å². The molecule has 2 saturated heterocycles. The molecule has 3 N–H and O–H groups in total. The van der Waals surface area contributed by atoms with E-state index in [9.17, 15) is 19.8 Å². The van der Waals surface area contributed by atoms with Gasteiger partial charge >= 0.3 is 5.97 Å². The van der Waals surface area contributed by atoms with Crippen LogP contribution < -0.4 is 5.32 Å². The second-order valence-corrected chi connectivity index (χ2v) is 12.6. The number of rotatable bonds is 3. The number of ether oxygens (including phenoxy) is 1. The molecule has 0 aromatic carbocycles. The molecule has 0 aliphatic carbocycles. The zero-order valence-electron chi connectivity index (χ0n) is 22.8. The van der Waals surface area contributed by atoms with Crippen LogP contribution in [0.3, 0.4) is 0 Å². The van der Waals surface area contributed by atoms with Crippen molar-refractivity contribution in [3.63, 3.8) is 0 Å². The summed E-state index contributed by atoms with van der Waals surface area (Å²) < 4.78 is 5.93. The predicted octanol–water partition coefficient (Wildman–Crippen LogP) is 4.30. The van der Waals surface area contributed by atoms with Crippen molar-refractivity contribution < 1.29 is 24.5 Å². The zero-order valence-corrected chi connectivity index (χ0v) is 23.7. The third-order valence-electron chi connectivity index (χ3n) is 8.36. The normalized spacial score (nSPS) is 36.8. The number of cyclic esters (lactones) is 1. The zero-order chi connectivity index (χ0) is 26.8. The molecule has 0 radical (unpaired) electrons. The van der Waals surface area contributed by atoms with Gasteiger partial charge in [0, 0.05) is 29.3 Å². The molecule has 202 valence electrons. The lowest BCUT2D eigenvalue weighted by Gasteiger charge is -2.34. The van der Waals surface area contributed by atoms with Crippen LogP contribution in [0.4, 0.5) is 0 Å². The molecular weight excluding hydrogens is 476 g/mol. The first-order valence-corrected chi connectivity index (χ1v) is 14.2. The lowest BCUT2D eigenvalue weighted by molar-refractivity contribution is -0.154. The van der Waals surface area contributed by atoms with Crippen molar-refractivity contribution in [2.75, 3.05) is 0 Å². The minimum Gasteiger partial charge on any atom is -0.458 e. The number of aliphatic hydroxyl groups is 2. The van der Waals surface area contributed by atoms with Gasteiger partial charge in [-0.05, 0) is 50.7 Å². The Labute approximate surface area is 219 Å². The lowest BCUT2D eigenvalue weighted by atomic mass is 9.73. The molecular formula is C28H44N2O5S. The van der Waals surface area contributed by atoms with Crippen LogP contribution in [-0.4, -0.2) is 56.8 Å². The van der Waals surface area contributed by atoms with Crippen molar-refractivity contribution in [2.45, 2.75) is 117 Å². The number of nitrogens with zero attached hydrogens (tertiary/aromatic N) is 1. The van der Waals surface area contributed by atoms with E-state index in [1.807, 2.05) is 25.3 Å². The summed E-state index contributed by atoms with van der Waals surface area (Å²) >= 11 is 1.62. The van der Waals surface area contributed by atoms with E-state index in [1.165, 1.54) is 0 Å². The molecule has 7 nitrogen and oxygen atoms in total. The average molecular weight is 521 g/mol. The van der Waals surface area contributed by atoms with E-state index < -0.39 is 35.6 Å². The standard InChI is InChI=1S/C28H44N2O5S/c1-8-23-29-19(15-36-23)12-17(3)20-13-21-28(7,30-21)11-9-10-16(2)25(33)18(4)26(34)27(5,6)22(31)14-24(32)35-20/h12,15-16,18,20-22,25,30-31,33H,8-11,13-14H2,1-7H3/b17-12+/t16-,18+,20-,21-,22-,25-,28+/m0/s1. The number of aromatic nitrogens is 1. The smallest absolute Gasteiger partial charge is 0.309 e. The van der Waals surface area contributed by atoms with Gasteiger partial charge in [0.2, 0.25) is 0 Å². The number of thiazole rings is 1. The first kappa shape index (κ1) is 29.0. The fourth-order valence-corrected chi connectivity index (χ4v) is 6.03. The molecule has 8 heteroatoms. The summed E-state index contributed by atoms with van der Waals surface area (Å²) in [4.78, 5) is 30.9. The summed E-state index contributed by atoms with van der Waals surface area (Å²) in [6.45, 7) is 13.2. The number of aliphatic hydroxyl groups excluding tert-OH is 2. The molecule has 2 fully saturated rings. The second-order valence-electron chi connectivity index (χ2n) is 11.7. The van der Waals surface area contributed by atoms with E-state index >= 15 is 0 Å². The van der Waals surface area contributed by atoms with Gasteiger partial charge in [-0.1, -0.05) is 41.0 Å². The molecule has 2 aliphatic heterocycles. The Balaban J connectivity index is 1.85. The molecule has 0 amide bonds. The molecule has 0 unspecified atom stereocenters. The van der Waals surface area contributed by atoms with Gasteiger partial charge in [0.05, 0.1) is 34.7 Å². The molecule has 0 bridgehead atoms. The van der Waals surface area contributed by atoms with Crippen LogP contribution in [0.5, 0.6) is 0 Å². The summed E-state index contributed by atoms with van der Waals surface area (Å²) in [6, 6.07) is 0.204. The van der Waals surface area contributed by atoms with E-state index in [4.69, 9.17) is 4.74 Å². The van der Waals surface area contributed by atoms with E-state index in [0.717, 1.165) is 42.0 Å². The third-order valence-corrected chi connectivity index (χ3v) is 9.37. The fraction of sp³-hybridized carbons (Fsp3) is 0.750. The van der Waals surface area contributed by atoms with Crippen LogP contribution in [-0.2, 0) is 20.7 Å². The number of carbonyl (C=O) groups is 2. The minimum absolute atomic E-state index is 0.0420. The van der Waals surface area contributed by atoms with Crippen molar-refractivity contribution >= 4 is 29.2 Å². The second kappa shape index (κ2) is 11.4. The molecule has 7 atom stereocenters. The lowest BCUT2D eigenvalue weighted by Crippen LogP contribution is -2.45. The number of carbonyl (C=O) groups excluding carboxylic acids is 2. The van der Waals surface area contributed by atoms with Crippen LogP contribution in [0.1, 0.15) is 91.3 Å². The number of nitrogens with one attached hydrogen (secondary N) is 1. The fourth-order valence-electron chi connectivity index (χ4n) is 5.32. The summed E-state index contributed by atoms with van der Waals surface area (Å²) in [7, 11) is 0. The van der Waals surface area contributed by atoms with Crippen LogP contribution in [0.15, 0.2) is 11.0 Å². The number of hydrogen-bond donors (Lipinski definition) is 3. The minimum atomic E-state index is -1.21. The SMILES string of the molecule is CCc1nc(/C=C(\C)[C@@H]2C[C@@H]3N[C@]3(C)CCC[C@H](C)[C@H](O)[C@@H](C)C(=O)C(C)(C)[C@@H](O)CC(=O)O2)cs1. The number of ketones is 1. The van der Waals surface area contributed by atoms with Crippen molar-refractivity contribution in [1.29, 1.82) is 0 Å². The summed E-state index contributed by atoms with van der Waals surface area (Å²) in [5.41, 5.74) is 0.525. The van der Waals surface area contributed by atoms with Crippen molar-refractivity contribution in [1.82, 2.24) is 10.3 Å². The van der Waals surface area contributed by atoms with Gasteiger partial charge in [-0.2, -0.15) is 0 Å². The molecule has 3 rings (SSSR count). The average Bonchev–Trinajstić information content (AvgIpc) is 3.23. The van der Waals surface area contributed by atoms with Crippen molar-refractivity contribution in [3.8, 4) is 0 Å². The first-order chi connectivity index (χ1) is 16.8. The first-order valence-electron chi connectivity index (χ1n) is 13.3. The Hall–Kier alpha value is -1.61. The molecule has 3 heterocycles. The van der Waals surface area contributed by atoms with Gasteiger partial charge in [0.15, 0.2) is 0 Å². The predicted molar refractivity (Wildman–Crippen MR) is 143 cm³/mol. The van der Waals surface area contributed by atoms with Crippen molar-refractivity contribution in [3.05, 3.63) is 21.7 Å². The molecule has 1 aromatic heterocycles. The highest BCUT2D eigenvalue weighted by Crippen LogP contribution is 2.38. The Morgan fingerprint density at radius 2 is 1.97 bits per heavy atom. The number of hydrogen-bond acceptors (Lipinski definition) is 8. The maximum atomic E-state index is 13.2. The molecule has 1 aromatic rings. The topological polar surface area (TPSA) is 119 Å². The number of aryl methyl sites for hydroxylation is 1. The third kappa shape index (κ3) is 6.63. The number of fused-ring (bicyclic) bond motifs is 1. The van der Waals surface area contributed by atoms with E-state index in [0.29, 0.717) is 6.42 Å². The Morgan fingerprint density at radius 3 is 2.61 bits per heavy atom. The summed E-state index contributed by atoms with van der Waals surface area (Å²) in [5, 5.41) is 28.4. The highest BCUT2D eigenvalue weighted by atomic mass is 32.1. The summed E-state index contributed by atoms with van der Waals surface area (Å²) in [6.07, 6.45) is 3.40. The van der Waals surface area contributed by atoms with Crippen LogP contribution in [0, 0.1) is 17.3 Å². The monoisotopic (exact) mass is 520 g/mol. The van der Waals surface area contributed by atoms with Gasteiger partial charge in [-0.15, -0.1) is 11.3 Å². The molecule has 0 saturated carbocycles. The van der Waals surface area contributed by atoms with E-state index in [2.05, 4.69) is 24.1 Å². The van der Waals surface area contributed by atoms with Crippen LogP contribution >= 0.6 is 11.3 Å². The van der Waals surface area contributed by atoms with E-state index in [1.54, 1.807) is 32.1 Å². The maximum absolute atomic E-state index is 13.2. The Bertz CT molecular complexity index is 973. The van der Waals surface area contributed by atoms with Gasteiger partial charge in [0.1, 0.15) is 11.9 Å². The summed E-state index contributed by atoms with van der Waals surface area (Å²) in [5.74, 6) is -1.46. The molecule has 36 heavy (non-hydrogen) atoms. The van der Waals surface area contributed by atoms with Gasteiger partial charge in [-0.25, -0.2) is 4.98 Å². The Morgan fingerprint density at radius 1 is 1.28 bits per heavy atom. The largest absolute Gasteiger partial charge is 0.458 e. The van der Waals surface area contributed by atoms with E-state index in [-0.39, 0.29) is 29.7 Å².